The maximum atomic E-state index is 13.4. The number of aliphatic hydroxyl groups excluding tert-OH is 1. The van der Waals surface area contributed by atoms with E-state index in [1.54, 1.807) is 0 Å². The van der Waals surface area contributed by atoms with E-state index in [0.717, 1.165) is 19.3 Å². The van der Waals surface area contributed by atoms with Crippen molar-refractivity contribution in [1.29, 1.82) is 0 Å². The average Bonchev–Trinajstić information content (AvgIpc) is 3.55. The summed E-state index contributed by atoms with van der Waals surface area (Å²) in [6, 6.07) is 9.25. The topological polar surface area (TPSA) is 101 Å². The van der Waals surface area contributed by atoms with Gasteiger partial charge in [0.25, 0.3) is 5.91 Å². The monoisotopic (exact) mass is 592 g/mol. The lowest BCUT2D eigenvalue weighted by Gasteiger charge is -2.54. The number of hydrogen-bond donors (Lipinski definition) is 2. The second-order valence-electron chi connectivity index (χ2n) is 15.5. The highest BCUT2D eigenvalue weighted by atomic mass is 16.6. The van der Waals surface area contributed by atoms with Crippen molar-refractivity contribution in [2.45, 2.75) is 102 Å². The number of hydrogen-bond acceptors (Lipinski definition) is 7. The van der Waals surface area contributed by atoms with Crippen LogP contribution in [0.15, 0.2) is 42.0 Å². The Bertz CT molecular complexity index is 1350. The number of amides is 1. The number of esters is 1. The standard InChI is InChI=1S/C35H48N2O6/c1-19(37(6)7)26-24(39)17-34(5)23-15-25(42-20(2)38)28-32(3)18-41-27(29(32)36-31(40)21-11-9-8-10-12-21)30-35(28,43-30)16-22(23)13-14-33(26,34)4/h8-13,19,23-30,39H,14-18H2,1-7H3,(H,36,40)/t19-,23+,24+,25-,26-,27+,28-,29?,30+,32-,33+,34-,35-/m0/s1. The molecule has 6 aliphatic rings. The molecule has 1 amide bonds. The van der Waals surface area contributed by atoms with Gasteiger partial charge in [0.2, 0.25) is 0 Å². The van der Waals surface area contributed by atoms with Crippen molar-refractivity contribution in [2.75, 3.05) is 20.7 Å². The van der Waals surface area contributed by atoms with Crippen LogP contribution in [0.5, 0.6) is 0 Å². The number of fused-ring (bicyclic) bond motifs is 7. The Hall–Kier alpha value is -2.26. The van der Waals surface area contributed by atoms with Crippen molar-refractivity contribution < 1.29 is 28.9 Å². The molecule has 5 fully saturated rings. The van der Waals surface area contributed by atoms with Crippen LogP contribution in [0.25, 0.3) is 0 Å². The molecule has 1 aromatic carbocycles. The highest BCUT2D eigenvalue weighted by molar-refractivity contribution is 5.94. The maximum Gasteiger partial charge on any atom is 0.302 e. The smallest absolute Gasteiger partial charge is 0.302 e. The van der Waals surface area contributed by atoms with Crippen LogP contribution >= 0.6 is 0 Å². The van der Waals surface area contributed by atoms with Crippen molar-refractivity contribution >= 4 is 11.9 Å². The Kier molecular flexibility index (Phi) is 6.59. The molecule has 4 aliphatic carbocycles. The van der Waals surface area contributed by atoms with Crippen LogP contribution in [-0.4, -0.2) is 84.7 Å². The molecule has 2 saturated heterocycles. The molecule has 8 nitrogen and oxygen atoms in total. The summed E-state index contributed by atoms with van der Waals surface area (Å²) in [4.78, 5) is 28.4. The largest absolute Gasteiger partial charge is 0.462 e. The molecule has 1 spiro atoms. The molecule has 2 heterocycles. The molecule has 13 atom stereocenters. The van der Waals surface area contributed by atoms with Crippen molar-refractivity contribution in [3.63, 3.8) is 0 Å². The van der Waals surface area contributed by atoms with Gasteiger partial charge in [-0.15, -0.1) is 0 Å². The molecule has 234 valence electrons. The fourth-order valence-electron chi connectivity index (χ4n) is 11.0. The number of rotatable bonds is 5. The first kappa shape index (κ1) is 29.5. The third kappa shape index (κ3) is 3.95. The van der Waals surface area contributed by atoms with Crippen molar-refractivity contribution in [2.24, 2.45) is 34.0 Å². The first-order valence-electron chi connectivity index (χ1n) is 16.1. The fraction of sp³-hybridized carbons (Fsp3) is 0.714. The molecule has 0 radical (unpaired) electrons. The Labute approximate surface area is 255 Å². The number of nitrogens with one attached hydrogen (secondary N) is 1. The minimum absolute atomic E-state index is 0.111. The Morgan fingerprint density at radius 2 is 1.86 bits per heavy atom. The third-order valence-corrected chi connectivity index (χ3v) is 13.3. The minimum atomic E-state index is -0.498. The fourth-order valence-corrected chi connectivity index (χ4v) is 11.0. The summed E-state index contributed by atoms with van der Waals surface area (Å²) in [7, 11) is 4.20. The Morgan fingerprint density at radius 1 is 1.14 bits per heavy atom. The number of aliphatic hydroxyl groups is 1. The zero-order chi connectivity index (χ0) is 30.7. The lowest BCUT2D eigenvalue weighted by molar-refractivity contribution is -0.157. The lowest BCUT2D eigenvalue weighted by atomic mass is 9.51. The van der Waals surface area contributed by atoms with E-state index < -0.39 is 23.2 Å². The summed E-state index contributed by atoms with van der Waals surface area (Å²) in [6.07, 6.45) is 4.28. The summed E-state index contributed by atoms with van der Waals surface area (Å²) in [6.45, 7) is 11.1. The van der Waals surface area contributed by atoms with Gasteiger partial charge in [-0.25, -0.2) is 0 Å². The van der Waals surface area contributed by atoms with E-state index in [4.69, 9.17) is 14.2 Å². The van der Waals surface area contributed by atoms with Crippen molar-refractivity contribution in [3.05, 3.63) is 47.5 Å². The van der Waals surface area contributed by atoms with E-state index in [2.05, 4.69) is 58.1 Å². The van der Waals surface area contributed by atoms with Gasteiger partial charge in [0.05, 0.1) is 18.8 Å². The predicted octanol–water partition coefficient (Wildman–Crippen LogP) is 3.97. The molecular formula is C35H48N2O6. The third-order valence-electron chi connectivity index (χ3n) is 13.3. The van der Waals surface area contributed by atoms with Crippen LogP contribution < -0.4 is 5.32 Å². The highest BCUT2D eigenvalue weighted by Gasteiger charge is 2.81. The second-order valence-corrected chi connectivity index (χ2v) is 15.5. The van der Waals surface area contributed by atoms with Crippen LogP contribution in [-0.2, 0) is 19.0 Å². The molecule has 1 aromatic rings. The normalized spacial score (nSPS) is 48.2. The number of allylic oxidation sites excluding steroid dienone is 1. The lowest BCUT2D eigenvalue weighted by Crippen LogP contribution is -2.63. The van der Waals surface area contributed by atoms with E-state index in [9.17, 15) is 14.7 Å². The van der Waals surface area contributed by atoms with Crippen molar-refractivity contribution in [3.8, 4) is 0 Å². The van der Waals surface area contributed by atoms with Crippen LogP contribution in [0.4, 0.5) is 0 Å². The molecule has 2 aliphatic heterocycles. The van der Waals surface area contributed by atoms with E-state index in [1.165, 1.54) is 12.5 Å². The van der Waals surface area contributed by atoms with Gasteiger partial charge in [-0.2, -0.15) is 0 Å². The van der Waals surface area contributed by atoms with E-state index in [1.807, 2.05) is 30.3 Å². The van der Waals surface area contributed by atoms with Crippen molar-refractivity contribution in [1.82, 2.24) is 10.2 Å². The number of epoxide rings is 1. The molecule has 2 N–H and O–H groups in total. The quantitative estimate of drug-likeness (QED) is 0.303. The molecule has 2 bridgehead atoms. The molecule has 0 aromatic heterocycles. The summed E-state index contributed by atoms with van der Waals surface area (Å²) in [5.74, 6) is -0.286. The van der Waals surface area contributed by atoms with Gasteiger partial charge in [-0.3, -0.25) is 9.59 Å². The first-order valence-corrected chi connectivity index (χ1v) is 16.1. The van der Waals surface area contributed by atoms with Gasteiger partial charge in [-0.1, -0.05) is 50.6 Å². The summed E-state index contributed by atoms with van der Waals surface area (Å²) >= 11 is 0. The number of carbonyl (C=O) groups excluding carboxylic acids is 2. The summed E-state index contributed by atoms with van der Waals surface area (Å²) in [5, 5.41) is 15.0. The van der Waals surface area contributed by atoms with Gasteiger partial charge in [0.15, 0.2) is 0 Å². The zero-order valence-corrected chi connectivity index (χ0v) is 26.6. The van der Waals surface area contributed by atoms with Crippen LogP contribution in [0.3, 0.4) is 0 Å². The number of carbonyl (C=O) groups is 2. The van der Waals surface area contributed by atoms with Gasteiger partial charge < -0.3 is 29.5 Å². The average molecular weight is 593 g/mol. The Balaban J connectivity index is 1.28. The second kappa shape index (κ2) is 9.62. The van der Waals surface area contributed by atoms with E-state index in [0.29, 0.717) is 18.6 Å². The number of nitrogens with zero attached hydrogens (tertiary/aromatic N) is 1. The summed E-state index contributed by atoms with van der Waals surface area (Å²) in [5.41, 5.74) is 0.721. The number of ether oxygens (including phenoxy) is 3. The predicted molar refractivity (Wildman–Crippen MR) is 161 cm³/mol. The first-order chi connectivity index (χ1) is 20.3. The molecule has 7 rings (SSSR count). The molecule has 43 heavy (non-hydrogen) atoms. The van der Waals surface area contributed by atoms with Crippen LogP contribution in [0.2, 0.25) is 0 Å². The molecular weight excluding hydrogens is 544 g/mol. The van der Waals surface area contributed by atoms with Gasteiger partial charge >= 0.3 is 5.97 Å². The number of benzene rings is 1. The highest BCUT2D eigenvalue weighted by Crippen LogP contribution is 2.73. The van der Waals surface area contributed by atoms with E-state index >= 15 is 0 Å². The molecule has 1 unspecified atom stereocenters. The minimum Gasteiger partial charge on any atom is -0.462 e. The van der Waals surface area contributed by atoms with E-state index in [-0.39, 0.29) is 64.8 Å². The van der Waals surface area contributed by atoms with Gasteiger partial charge in [0.1, 0.15) is 23.9 Å². The summed E-state index contributed by atoms with van der Waals surface area (Å²) < 4.78 is 19.5. The van der Waals surface area contributed by atoms with Gasteiger partial charge in [-0.05, 0) is 69.2 Å². The molecule has 3 saturated carbocycles. The maximum absolute atomic E-state index is 13.4. The van der Waals surface area contributed by atoms with Crippen LogP contribution in [0, 0.1) is 34.0 Å². The Morgan fingerprint density at radius 3 is 2.53 bits per heavy atom. The zero-order valence-electron chi connectivity index (χ0n) is 26.6. The van der Waals surface area contributed by atoms with Gasteiger partial charge in [0, 0.05) is 42.2 Å². The SMILES string of the molecule is CC(=O)O[C@H]1C[C@@H]2C(=CC[C@]3(C)[C@@H]([C@H](C)N(C)C)[C@H](O)C[C@@]23C)C[C@@]23O[C@@H]2[C@@H]2OC[C@](C)(C2NC(=O)c2ccccc2)[C@H]13. The molecule has 8 heteroatoms. The van der Waals surface area contributed by atoms with Crippen LogP contribution in [0.1, 0.15) is 70.7 Å².